The zero-order valence-electron chi connectivity index (χ0n) is 17.3. The van der Waals surface area contributed by atoms with Crippen LogP contribution < -0.4 is 14.8 Å². The van der Waals surface area contributed by atoms with Crippen molar-refractivity contribution < 1.29 is 27.5 Å². The van der Waals surface area contributed by atoms with Crippen LogP contribution in [0.5, 0.6) is 11.5 Å². The number of halogens is 1. The number of para-hydroxylation sites is 1. The molecule has 0 aliphatic carbocycles. The maximum absolute atomic E-state index is 13.2. The summed E-state index contributed by atoms with van der Waals surface area (Å²) in [5.41, 5.74) is 0.325. The molecule has 0 saturated carbocycles. The van der Waals surface area contributed by atoms with Crippen LogP contribution in [0.3, 0.4) is 0 Å². The highest BCUT2D eigenvalue weighted by molar-refractivity contribution is 7.89. The first-order valence-electron chi connectivity index (χ1n) is 10.0. The van der Waals surface area contributed by atoms with Gasteiger partial charge in [-0.25, -0.2) is 8.42 Å². The minimum absolute atomic E-state index is 0.0167. The molecule has 2 amide bonds. The summed E-state index contributed by atoms with van der Waals surface area (Å²) < 4.78 is 38.7. The molecular weight excluding hydrogens is 458 g/mol. The molecule has 2 aliphatic heterocycles. The zero-order chi connectivity index (χ0) is 22.9. The molecule has 2 aliphatic rings. The Kier molecular flexibility index (Phi) is 6.27. The third-order valence-electron chi connectivity index (χ3n) is 5.28. The van der Waals surface area contributed by atoms with Crippen molar-refractivity contribution in [3.63, 3.8) is 0 Å². The van der Waals surface area contributed by atoms with E-state index < -0.39 is 16.1 Å². The lowest BCUT2D eigenvalue weighted by molar-refractivity contribution is -0.134. The second kappa shape index (κ2) is 8.97. The number of piperazine rings is 1. The normalized spacial score (nSPS) is 19.0. The molecule has 1 N–H and O–H groups in total. The van der Waals surface area contributed by atoms with Gasteiger partial charge < -0.3 is 19.7 Å². The predicted octanol–water partition coefficient (Wildman–Crippen LogP) is 1.97. The molecule has 0 spiro atoms. The summed E-state index contributed by atoms with van der Waals surface area (Å²) in [4.78, 5) is 25.7. The third kappa shape index (κ3) is 4.52. The molecule has 2 aromatic rings. The van der Waals surface area contributed by atoms with Crippen LogP contribution in [-0.2, 0) is 19.6 Å². The first kappa shape index (κ1) is 22.4. The van der Waals surface area contributed by atoms with E-state index in [1.807, 2.05) is 18.2 Å². The van der Waals surface area contributed by atoms with Gasteiger partial charge in [0.15, 0.2) is 12.7 Å². The number of fused-ring (bicyclic) bond motifs is 1. The number of nitrogens with one attached hydrogen (secondary N) is 1. The second-order valence-corrected chi connectivity index (χ2v) is 9.73. The zero-order valence-corrected chi connectivity index (χ0v) is 18.9. The number of nitrogens with zero attached hydrogens (tertiary/aromatic N) is 2. The monoisotopic (exact) mass is 479 g/mol. The number of carbonyl (C=O) groups is 2. The number of hydrogen-bond donors (Lipinski definition) is 1. The molecule has 170 valence electrons. The highest BCUT2D eigenvalue weighted by Crippen LogP contribution is 2.38. The van der Waals surface area contributed by atoms with Gasteiger partial charge in [0.05, 0.1) is 10.7 Å². The average molecular weight is 480 g/mol. The van der Waals surface area contributed by atoms with E-state index in [9.17, 15) is 18.0 Å². The summed E-state index contributed by atoms with van der Waals surface area (Å²) in [6.07, 6.45) is -0.744. The Bertz CT molecular complexity index is 1130. The Labute approximate surface area is 190 Å². The maximum atomic E-state index is 13.2. The van der Waals surface area contributed by atoms with E-state index in [1.165, 1.54) is 16.4 Å². The standard InChI is InChI=1S/C21H22ClN3O6S/c1-14-21(27)23-17-11-16(22)19(12-18(17)31-14)32(28,29)25-9-7-24(8-10-25)20(26)13-30-15-5-3-2-4-6-15/h2-6,11-12,14H,7-10,13H2,1H3,(H,23,27)/t14-/m0/s1. The molecule has 1 fully saturated rings. The van der Waals surface area contributed by atoms with Crippen molar-refractivity contribution in [1.29, 1.82) is 0 Å². The van der Waals surface area contributed by atoms with Gasteiger partial charge in [-0.3, -0.25) is 9.59 Å². The number of anilines is 1. The molecule has 9 nitrogen and oxygen atoms in total. The summed E-state index contributed by atoms with van der Waals surface area (Å²) in [6, 6.07) is 11.7. The summed E-state index contributed by atoms with van der Waals surface area (Å²) >= 11 is 6.23. The molecule has 0 bridgehead atoms. The van der Waals surface area contributed by atoms with Gasteiger partial charge in [-0.15, -0.1) is 0 Å². The van der Waals surface area contributed by atoms with E-state index in [1.54, 1.807) is 24.0 Å². The summed E-state index contributed by atoms with van der Waals surface area (Å²) in [7, 11) is -3.92. The topological polar surface area (TPSA) is 105 Å². The molecule has 32 heavy (non-hydrogen) atoms. The first-order valence-corrected chi connectivity index (χ1v) is 11.8. The predicted molar refractivity (Wildman–Crippen MR) is 117 cm³/mol. The quantitative estimate of drug-likeness (QED) is 0.703. The van der Waals surface area contributed by atoms with Crippen molar-refractivity contribution in [2.45, 2.75) is 17.9 Å². The van der Waals surface area contributed by atoms with E-state index in [2.05, 4.69) is 5.32 Å². The van der Waals surface area contributed by atoms with Gasteiger partial charge in [0.2, 0.25) is 10.0 Å². The van der Waals surface area contributed by atoms with Crippen LogP contribution in [0.4, 0.5) is 5.69 Å². The Morgan fingerprint density at radius 2 is 1.88 bits per heavy atom. The third-order valence-corrected chi connectivity index (χ3v) is 7.64. The lowest BCUT2D eigenvalue weighted by Crippen LogP contribution is -2.51. The Morgan fingerprint density at radius 3 is 2.56 bits per heavy atom. The van der Waals surface area contributed by atoms with Crippen LogP contribution in [0.1, 0.15) is 6.92 Å². The van der Waals surface area contributed by atoms with Gasteiger partial charge in [-0.1, -0.05) is 29.8 Å². The van der Waals surface area contributed by atoms with Gasteiger partial charge >= 0.3 is 0 Å². The number of sulfonamides is 1. The number of amides is 2. The minimum atomic E-state index is -3.92. The molecule has 0 aromatic heterocycles. The van der Waals surface area contributed by atoms with Gasteiger partial charge in [0, 0.05) is 32.2 Å². The van der Waals surface area contributed by atoms with Crippen LogP contribution in [0.15, 0.2) is 47.4 Å². The highest BCUT2D eigenvalue weighted by Gasteiger charge is 2.34. The number of carbonyl (C=O) groups excluding carboxylic acids is 2. The van der Waals surface area contributed by atoms with E-state index in [0.29, 0.717) is 11.4 Å². The average Bonchev–Trinajstić information content (AvgIpc) is 2.79. The minimum Gasteiger partial charge on any atom is -0.484 e. The van der Waals surface area contributed by atoms with Crippen LogP contribution in [0.25, 0.3) is 0 Å². The number of hydrogen-bond acceptors (Lipinski definition) is 6. The maximum Gasteiger partial charge on any atom is 0.265 e. The van der Waals surface area contributed by atoms with Crippen molar-refractivity contribution in [3.05, 3.63) is 47.5 Å². The van der Waals surface area contributed by atoms with Gasteiger partial charge in [-0.2, -0.15) is 4.31 Å². The van der Waals surface area contributed by atoms with E-state index >= 15 is 0 Å². The molecular formula is C21H22ClN3O6S. The SMILES string of the molecule is C[C@@H]1Oc2cc(S(=O)(=O)N3CCN(C(=O)COc4ccccc4)CC3)c(Cl)cc2NC1=O. The fourth-order valence-electron chi connectivity index (χ4n) is 3.48. The van der Waals surface area contributed by atoms with E-state index in [-0.39, 0.29) is 60.3 Å². The molecule has 2 aromatic carbocycles. The van der Waals surface area contributed by atoms with Crippen molar-refractivity contribution in [2.24, 2.45) is 0 Å². The number of benzene rings is 2. The molecule has 1 atom stereocenters. The van der Waals surface area contributed by atoms with Crippen molar-refractivity contribution >= 4 is 39.1 Å². The lowest BCUT2D eigenvalue weighted by atomic mass is 10.2. The summed E-state index contributed by atoms with van der Waals surface area (Å²) in [5.74, 6) is 0.292. The molecule has 11 heteroatoms. The fourth-order valence-corrected chi connectivity index (χ4v) is 5.42. The van der Waals surface area contributed by atoms with Gasteiger partial charge in [0.1, 0.15) is 16.4 Å². The van der Waals surface area contributed by atoms with E-state index in [0.717, 1.165) is 0 Å². The number of rotatable bonds is 5. The summed E-state index contributed by atoms with van der Waals surface area (Å²) in [6.45, 7) is 2.18. The molecule has 2 heterocycles. The Morgan fingerprint density at radius 1 is 1.19 bits per heavy atom. The van der Waals surface area contributed by atoms with Crippen molar-refractivity contribution in [1.82, 2.24) is 9.21 Å². The summed E-state index contributed by atoms with van der Waals surface area (Å²) in [5, 5.41) is 2.62. The Hall–Kier alpha value is -2.82. The molecule has 0 radical (unpaired) electrons. The van der Waals surface area contributed by atoms with Crippen LogP contribution in [0.2, 0.25) is 5.02 Å². The van der Waals surface area contributed by atoms with Crippen molar-refractivity contribution in [2.75, 3.05) is 38.1 Å². The van der Waals surface area contributed by atoms with Crippen molar-refractivity contribution in [3.8, 4) is 11.5 Å². The number of ether oxygens (including phenoxy) is 2. The fraction of sp³-hybridized carbons (Fsp3) is 0.333. The molecule has 1 saturated heterocycles. The molecule has 4 rings (SSSR count). The largest absolute Gasteiger partial charge is 0.484 e. The van der Waals surface area contributed by atoms with Crippen LogP contribution >= 0.6 is 11.6 Å². The Balaban J connectivity index is 1.41. The van der Waals surface area contributed by atoms with E-state index in [4.69, 9.17) is 21.1 Å². The van der Waals surface area contributed by atoms with Gasteiger partial charge in [0.25, 0.3) is 11.8 Å². The molecule has 0 unspecified atom stereocenters. The van der Waals surface area contributed by atoms with Gasteiger partial charge in [-0.05, 0) is 25.1 Å². The smallest absolute Gasteiger partial charge is 0.265 e. The lowest BCUT2D eigenvalue weighted by Gasteiger charge is -2.34. The van der Waals surface area contributed by atoms with Crippen LogP contribution in [-0.4, -0.2) is 68.3 Å². The highest BCUT2D eigenvalue weighted by atomic mass is 35.5. The second-order valence-electron chi connectivity index (χ2n) is 7.41. The van der Waals surface area contributed by atoms with Crippen LogP contribution in [0, 0.1) is 0 Å². The first-order chi connectivity index (χ1) is 15.3.